The van der Waals surface area contributed by atoms with E-state index in [0.717, 1.165) is 37.0 Å². The summed E-state index contributed by atoms with van der Waals surface area (Å²) in [5.74, 6) is 0.106. The van der Waals surface area contributed by atoms with Crippen molar-refractivity contribution >= 4 is 16.9 Å². The van der Waals surface area contributed by atoms with Crippen LogP contribution in [0.4, 0.5) is 0 Å². The lowest BCUT2D eigenvalue weighted by molar-refractivity contribution is 0.0756. The average molecular weight is 243 g/mol. The zero-order valence-electron chi connectivity index (χ0n) is 10.4. The lowest BCUT2D eigenvalue weighted by atomic mass is 10.2. The summed E-state index contributed by atoms with van der Waals surface area (Å²) >= 11 is 0. The van der Waals surface area contributed by atoms with Gasteiger partial charge in [0, 0.05) is 19.3 Å². The van der Waals surface area contributed by atoms with Crippen LogP contribution in [0.1, 0.15) is 36.2 Å². The van der Waals surface area contributed by atoms with Gasteiger partial charge in [0.15, 0.2) is 0 Å². The van der Waals surface area contributed by atoms with Gasteiger partial charge in [-0.1, -0.05) is 12.8 Å². The molecule has 1 aliphatic rings. The Morgan fingerprint density at radius 1 is 1.22 bits per heavy atom. The molecule has 94 valence electrons. The van der Waals surface area contributed by atoms with Crippen LogP contribution >= 0.6 is 0 Å². The monoisotopic (exact) mass is 243 g/mol. The van der Waals surface area contributed by atoms with Crippen LogP contribution in [0.3, 0.4) is 0 Å². The Kier molecular flexibility index (Phi) is 3.00. The van der Waals surface area contributed by atoms with Crippen molar-refractivity contribution in [2.75, 3.05) is 13.1 Å². The first kappa shape index (κ1) is 11.3. The molecule has 0 aliphatic carbocycles. The SMILES string of the molecule is O=C(c1cc2ncccc2[nH]1)N1CCCCCC1. The summed E-state index contributed by atoms with van der Waals surface area (Å²) in [4.78, 5) is 21.8. The van der Waals surface area contributed by atoms with Gasteiger partial charge in [-0.25, -0.2) is 0 Å². The zero-order chi connectivity index (χ0) is 12.4. The summed E-state index contributed by atoms with van der Waals surface area (Å²) in [6.45, 7) is 1.75. The minimum atomic E-state index is 0.106. The van der Waals surface area contributed by atoms with E-state index in [4.69, 9.17) is 0 Å². The van der Waals surface area contributed by atoms with Crippen molar-refractivity contribution in [3.63, 3.8) is 0 Å². The number of pyridine rings is 1. The number of carbonyl (C=O) groups is 1. The van der Waals surface area contributed by atoms with Crippen LogP contribution in [0, 0.1) is 0 Å². The van der Waals surface area contributed by atoms with E-state index in [1.54, 1.807) is 6.20 Å². The molecule has 3 rings (SSSR count). The van der Waals surface area contributed by atoms with Crippen LogP contribution in [-0.2, 0) is 0 Å². The van der Waals surface area contributed by atoms with E-state index in [2.05, 4.69) is 9.97 Å². The lowest BCUT2D eigenvalue weighted by Crippen LogP contribution is -2.32. The molecule has 0 aromatic carbocycles. The molecule has 2 aromatic rings. The molecule has 0 unspecified atom stereocenters. The molecule has 4 heteroatoms. The summed E-state index contributed by atoms with van der Waals surface area (Å²) in [6, 6.07) is 5.67. The standard InChI is InChI=1S/C14H17N3O/c18-14(17-8-3-1-2-4-9-17)13-10-12-11(16-13)6-5-7-15-12/h5-7,10,16H,1-4,8-9H2. The van der Waals surface area contributed by atoms with Gasteiger partial charge in [-0.2, -0.15) is 0 Å². The second-order valence-corrected chi connectivity index (χ2v) is 4.83. The Labute approximate surface area is 106 Å². The summed E-state index contributed by atoms with van der Waals surface area (Å²) in [5, 5.41) is 0. The fourth-order valence-corrected chi connectivity index (χ4v) is 2.52. The maximum absolute atomic E-state index is 12.4. The largest absolute Gasteiger partial charge is 0.349 e. The number of amides is 1. The molecule has 1 amide bonds. The Bertz CT molecular complexity index is 520. The number of likely N-dealkylation sites (tertiary alicyclic amines) is 1. The normalized spacial score (nSPS) is 16.8. The van der Waals surface area contributed by atoms with E-state index in [0.29, 0.717) is 5.69 Å². The summed E-state index contributed by atoms with van der Waals surface area (Å²) in [6.07, 6.45) is 6.45. The molecule has 1 fully saturated rings. The third kappa shape index (κ3) is 2.10. The van der Waals surface area contributed by atoms with E-state index >= 15 is 0 Å². The number of aromatic amines is 1. The Hall–Kier alpha value is -1.84. The number of rotatable bonds is 1. The van der Waals surface area contributed by atoms with Gasteiger partial charge in [-0.15, -0.1) is 0 Å². The molecular formula is C14H17N3O. The Morgan fingerprint density at radius 3 is 2.72 bits per heavy atom. The summed E-state index contributed by atoms with van der Waals surface area (Å²) in [5.41, 5.74) is 2.44. The number of H-pyrrole nitrogens is 1. The molecule has 0 saturated carbocycles. The van der Waals surface area contributed by atoms with Gasteiger partial charge in [-0.3, -0.25) is 9.78 Å². The van der Waals surface area contributed by atoms with Crippen molar-refractivity contribution in [3.8, 4) is 0 Å². The molecule has 0 radical (unpaired) electrons. The van der Waals surface area contributed by atoms with E-state index in [1.807, 2.05) is 23.1 Å². The number of hydrogen-bond donors (Lipinski definition) is 1. The van der Waals surface area contributed by atoms with Crippen LogP contribution in [0.15, 0.2) is 24.4 Å². The lowest BCUT2D eigenvalue weighted by Gasteiger charge is -2.19. The van der Waals surface area contributed by atoms with Crippen LogP contribution in [-0.4, -0.2) is 33.9 Å². The minimum absolute atomic E-state index is 0.106. The highest BCUT2D eigenvalue weighted by atomic mass is 16.2. The van der Waals surface area contributed by atoms with E-state index in [1.165, 1.54) is 12.8 Å². The highest BCUT2D eigenvalue weighted by molar-refractivity contribution is 5.97. The van der Waals surface area contributed by atoms with E-state index in [-0.39, 0.29) is 5.91 Å². The first-order valence-electron chi connectivity index (χ1n) is 6.57. The van der Waals surface area contributed by atoms with Crippen LogP contribution < -0.4 is 0 Å². The fraction of sp³-hybridized carbons (Fsp3) is 0.429. The smallest absolute Gasteiger partial charge is 0.270 e. The Morgan fingerprint density at radius 2 is 2.00 bits per heavy atom. The first-order chi connectivity index (χ1) is 8.84. The molecule has 0 spiro atoms. The zero-order valence-corrected chi connectivity index (χ0v) is 10.4. The quantitative estimate of drug-likeness (QED) is 0.836. The van der Waals surface area contributed by atoms with Crippen molar-refractivity contribution in [2.45, 2.75) is 25.7 Å². The molecule has 1 saturated heterocycles. The van der Waals surface area contributed by atoms with Crippen LogP contribution in [0.5, 0.6) is 0 Å². The van der Waals surface area contributed by atoms with Crippen LogP contribution in [0.25, 0.3) is 11.0 Å². The highest BCUT2D eigenvalue weighted by Crippen LogP contribution is 2.16. The molecule has 18 heavy (non-hydrogen) atoms. The van der Waals surface area contributed by atoms with Gasteiger partial charge in [0.05, 0.1) is 11.0 Å². The van der Waals surface area contributed by atoms with Gasteiger partial charge < -0.3 is 9.88 Å². The molecule has 0 bridgehead atoms. The maximum atomic E-state index is 12.4. The number of aromatic nitrogens is 2. The minimum Gasteiger partial charge on any atom is -0.349 e. The van der Waals surface area contributed by atoms with Crippen molar-refractivity contribution in [2.24, 2.45) is 0 Å². The number of nitrogens with one attached hydrogen (secondary N) is 1. The summed E-state index contributed by atoms with van der Waals surface area (Å²) in [7, 11) is 0. The van der Waals surface area contributed by atoms with Crippen molar-refractivity contribution in [3.05, 3.63) is 30.1 Å². The van der Waals surface area contributed by atoms with Crippen LogP contribution in [0.2, 0.25) is 0 Å². The average Bonchev–Trinajstić information content (AvgIpc) is 2.64. The molecule has 2 aromatic heterocycles. The van der Waals surface area contributed by atoms with Gasteiger partial charge in [0.2, 0.25) is 0 Å². The highest BCUT2D eigenvalue weighted by Gasteiger charge is 2.18. The van der Waals surface area contributed by atoms with Gasteiger partial charge in [-0.05, 0) is 31.0 Å². The van der Waals surface area contributed by atoms with Crippen molar-refractivity contribution in [1.29, 1.82) is 0 Å². The van der Waals surface area contributed by atoms with E-state index in [9.17, 15) is 4.79 Å². The number of carbonyl (C=O) groups excluding carboxylic acids is 1. The Balaban J connectivity index is 1.86. The third-order valence-electron chi connectivity index (χ3n) is 3.51. The molecular weight excluding hydrogens is 226 g/mol. The number of hydrogen-bond acceptors (Lipinski definition) is 2. The number of nitrogens with zero attached hydrogens (tertiary/aromatic N) is 2. The van der Waals surface area contributed by atoms with Crippen molar-refractivity contribution in [1.82, 2.24) is 14.9 Å². The first-order valence-corrected chi connectivity index (χ1v) is 6.57. The number of fused-ring (bicyclic) bond motifs is 1. The molecule has 4 nitrogen and oxygen atoms in total. The van der Waals surface area contributed by atoms with Gasteiger partial charge >= 0.3 is 0 Å². The van der Waals surface area contributed by atoms with Gasteiger partial charge in [0.1, 0.15) is 5.69 Å². The van der Waals surface area contributed by atoms with Crippen molar-refractivity contribution < 1.29 is 4.79 Å². The molecule has 0 atom stereocenters. The predicted molar refractivity (Wildman–Crippen MR) is 70.5 cm³/mol. The molecule has 1 aliphatic heterocycles. The van der Waals surface area contributed by atoms with Gasteiger partial charge in [0.25, 0.3) is 5.91 Å². The second kappa shape index (κ2) is 4.80. The molecule has 1 N–H and O–H groups in total. The topological polar surface area (TPSA) is 49.0 Å². The summed E-state index contributed by atoms with van der Waals surface area (Å²) < 4.78 is 0. The van der Waals surface area contributed by atoms with E-state index < -0.39 is 0 Å². The third-order valence-corrected chi connectivity index (χ3v) is 3.51. The predicted octanol–water partition coefficient (Wildman–Crippen LogP) is 2.58. The maximum Gasteiger partial charge on any atom is 0.270 e. The fourth-order valence-electron chi connectivity index (χ4n) is 2.52. The second-order valence-electron chi connectivity index (χ2n) is 4.83. The molecule has 3 heterocycles.